The minimum absolute atomic E-state index is 0.0196. The van der Waals surface area contributed by atoms with Crippen LogP contribution in [0.25, 0.3) is 11.1 Å². The molecule has 0 fully saturated rings. The third kappa shape index (κ3) is 2.44. The molecule has 0 aromatic heterocycles. The van der Waals surface area contributed by atoms with Gasteiger partial charge in [0.05, 0.1) is 0 Å². The first-order chi connectivity index (χ1) is 8.39. The minimum Gasteiger partial charge on any atom is -0.282 e. The second kappa shape index (κ2) is 4.55. The van der Waals surface area contributed by atoms with E-state index in [4.69, 9.17) is 0 Å². The molecule has 0 aliphatic carbocycles. The molecule has 94 valence electrons. The lowest BCUT2D eigenvalue weighted by molar-refractivity contribution is 0.483. The molecule has 0 radical (unpaired) electrons. The van der Waals surface area contributed by atoms with Gasteiger partial charge in [0.15, 0.2) is 0 Å². The fourth-order valence-corrected chi connectivity index (χ4v) is 2.89. The second-order valence-electron chi connectivity index (χ2n) is 4.29. The number of aryl methyl sites for hydroxylation is 2. The maximum atomic E-state index is 11.5. The Morgan fingerprint density at radius 3 is 2.11 bits per heavy atom. The molecule has 2 rings (SSSR count). The van der Waals surface area contributed by atoms with Crippen LogP contribution >= 0.6 is 0 Å². The van der Waals surface area contributed by atoms with Crippen molar-refractivity contribution in [3.05, 3.63) is 53.6 Å². The van der Waals surface area contributed by atoms with Crippen LogP contribution in [0.2, 0.25) is 0 Å². The van der Waals surface area contributed by atoms with Crippen LogP contribution in [-0.2, 0) is 10.1 Å². The Kier molecular flexibility index (Phi) is 3.24. The number of benzene rings is 2. The topological polar surface area (TPSA) is 54.4 Å². The quantitative estimate of drug-likeness (QED) is 0.845. The van der Waals surface area contributed by atoms with Gasteiger partial charge in [-0.3, -0.25) is 4.55 Å². The normalized spacial score (nSPS) is 11.5. The van der Waals surface area contributed by atoms with E-state index in [1.165, 1.54) is 0 Å². The van der Waals surface area contributed by atoms with Gasteiger partial charge >= 0.3 is 0 Å². The highest BCUT2D eigenvalue weighted by Gasteiger charge is 2.18. The molecule has 0 aliphatic heterocycles. The Labute approximate surface area is 107 Å². The summed E-state index contributed by atoms with van der Waals surface area (Å²) in [5, 5.41) is 0. The summed E-state index contributed by atoms with van der Waals surface area (Å²) in [7, 11) is -4.22. The van der Waals surface area contributed by atoms with Crippen molar-refractivity contribution in [1.82, 2.24) is 0 Å². The van der Waals surface area contributed by atoms with Gasteiger partial charge in [-0.2, -0.15) is 8.42 Å². The number of hydrogen-bond donors (Lipinski definition) is 1. The molecule has 3 nitrogen and oxygen atoms in total. The highest BCUT2D eigenvalue weighted by molar-refractivity contribution is 7.86. The Morgan fingerprint density at radius 2 is 1.56 bits per heavy atom. The molecule has 4 heteroatoms. The fourth-order valence-electron chi connectivity index (χ4n) is 1.96. The lowest BCUT2D eigenvalue weighted by atomic mass is 10.0. The van der Waals surface area contributed by atoms with Gasteiger partial charge in [0, 0.05) is 5.56 Å². The Morgan fingerprint density at radius 1 is 0.944 bits per heavy atom. The van der Waals surface area contributed by atoms with Crippen LogP contribution in [-0.4, -0.2) is 13.0 Å². The van der Waals surface area contributed by atoms with Crippen molar-refractivity contribution < 1.29 is 13.0 Å². The maximum absolute atomic E-state index is 11.5. The van der Waals surface area contributed by atoms with Crippen molar-refractivity contribution >= 4 is 10.1 Å². The molecule has 18 heavy (non-hydrogen) atoms. The summed E-state index contributed by atoms with van der Waals surface area (Å²) >= 11 is 0. The first kappa shape index (κ1) is 12.8. The Hall–Kier alpha value is -1.65. The molecule has 0 bridgehead atoms. The third-order valence-electron chi connectivity index (χ3n) is 2.83. The lowest BCUT2D eigenvalue weighted by Crippen LogP contribution is -2.03. The zero-order chi connectivity index (χ0) is 13.3. The van der Waals surface area contributed by atoms with Crippen molar-refractivity contribution in [3.8, 4) is 11.1 Å². The van der Waals surface area contributed by atoms with Gasteiger partial charge in [-0.15, -0.1) is 0 Å². The van der Waals surface area contributed by atoms with Gasteiger partial charge in [-0.25, -0.2) is 0 Å². The zero-order valence-corrected chi connectivity index (χ0v) is 11.0. The average molecular weight is 262 g/mol. The summed E-state index contributed by atoms with van der Waals surface area (Å²) in [6.07, 6.45) is 0. The van der Waals surface area contributed by atoms with E-state index in [2.05, 4.69) is 0 Å². The van der Waals surface area contributed by atoms with Crippen LogP contribution in [0.1, 0.15) is 11.1 Å². The van der Waals surface area contributed by atoms with E-state index >= 15 is 0 Å². The first-order valence-corrected chi connectivity index (χ1v) is 6.98. The predicted molar refractivity (Wildman–Crippen MR) is 71.2 cm³/mol. The molecule has 0 aliphatic rings. The highest BCUT2D eigenvalue weighted by Crippen LogP contribution is 2.29. The third-order valence-corrected chi connectivity index (χ3v) is 3.89. The van der Waals surface area contributed by atoms with Gasteiger partial charge in [0.25, 0.3) is 10.1 Å². The van der Waals surface area contributed by atoms with Gasteiger partial charge < -0.3 is 0 Å². The van der Waals surface area contributed by atoms with Crippen LogP contribution in [0.15, 0.2) is 47.4 Å². The van der Waals surface area contributed by atoms with E-state index in [0.29, 0.717) is 11.1 Å². The second-order valence-corrected chi connectivity index (χ2v) is 5.65. The largest absolute Gasteiger partial charge is 0.295 e. The summed E-state index contributed by atoms with van der Waals surface area (Å²) in [5.41, 5.74) is 2.94. The maximum Gasteiger partial charge on any atom is 0.295 e. The van der Waals surface area contributed by atoms with Gasteiger partial charge in [-0.05, 0) is 25.0 Å². The average Bonchev–Trinajstić information content (AvgIpc) is 2.28. The summed E-state index contributed by atoms with van der Waals surface area (Å²) < 4.78 is 32.3. The summed E-state index contributed by atoms with van der Waals surface area (Å²) in [5.74, 6) is 0. The van der Waals surface area contributed by atoms with Crippen LogP contribution in [0.3, 0.4) is 0 Å². The molecule has 0 heterocycles. The summed E-state index contributed by atoms with van der Waals surface area (Å²) in [6.45, 7) is 3.63. The Bertz CT molecular complexity index is 671. The van der Waals surface area contributed by atoms with Crippen LogP contribution in [0.4, 0.5) is 0 Å². The zero-order valence-electron chi connectivity index (χ0n) is 10.2. The van der Waals surface area contributed by atoms with Crippen molar-refractivity contribution in [2.24, 2.45) is 0 Å². The van der Waals surface area contributed by atoms with Crippen molar-refractivity contribution in [2.45, 2.75) is 18.7 Å². The van der Waals surface area contributed by atoms with Crippen molar-refractivity contribution in [2.75, 3.05) is 0 Å². The molecule has 0 spiro atoms. The van der Waals surface area contributed by atoms with Crippen LogP contribution < -0.4 is 0 Å². The molecular formula is C14H14O3S. The highest BCUT2D eigenvalue weighted by atomic mass is 32.2. The molecule has 0 saturated heterocycles. The SMILES string of the molecule is Cc1ccc(-c2cccc(C)c2S(=O)(=O)O)cc1. The molecule has 2 aromatic rings. The smallest absolute Gasteiger partial charge is 0.282 e. The van der Waals surface area contributed by atoms with E-state index in [1.54, 1.807) is 25.1 Å². The minimum atomic E-state index is -4.22. The van der Waals surface area contributed by atoms with E-state index in [1.807, 2.05) is 31.2 Å². The molecule has 0 atom stereocenters. The lowest BCUT2D eigenvalue weighted by Gasteiger charge is -2.10. The van der Waals surface area contributed by atoms with E-state index in [-0.39, 0.29) is 4.90 Å². The molecule has 0 unspecified atom stereocenters. The molecule has 0 amide bonds. The number of hydrogen-bond acceptors (Lipinski definition) is 2. The van der Waals surface area contributed by atoms with Crippen molar-refractivity contribution in [3.63, 3.8) is 0 Å². The standard InChI is InChI=1S/C14H14O3S/c1-10-6-8-12(9-7-10)13-5-3-4-11(2)14(13)18(15,16)17/h3-9H,1-2H3,(H,15,16,17). The Balaban J connectivity index is 2.72. The van der Waals surface area contributed by atoms with Crippen LogP contribution in [0.5, 0.6) is 0 Å². The van der Waals surface area contributed by atoms with E-state index in [0.717, 1.165) is 11.1 Å². The predicted octanol–water partition coefficient (Wildman–Crippen LogP) is 3.22. The summed E-state index contributed by atoms with van der Waals surface area (Å²) in [6, 6.07) is 12.6. The van der Waals surface area contributed by atoms with Crippen molar-refractivity contribution in [1.29, 1.82) is 0 Å². The van der Waals surface area contributed by atoms with E-state index < -0.39 is 10.1 Å². The molecular weight excluding hydrogens is 248 g/mol. The first-order valence-electron chi connectivity index (χ1n) is 5.54. The van der Waals surface area contributed by atoms with Gasteiger partial charge in [0.1, 0.15) is 4.90 Å². The van der Waals surface area contributed by atoms with Gasteiger partial charge in [-0.1, -0.05) is 48.0 Å². The number of rotatable bonds is 2. The molecule has 2 aromatic carbocycles. The van der Waals surface area contributed by atoms with E-state index in [9.17, 15) is 13.0 Å². The monoisotopic (exact) mass is 262 g/mol. The summed E-state index contributed by atoms with van der Waals surface area (Å²) in [4.78, 5) is -0.0196. The molecule has 0 saturated carbocycles. The fraction of sp³-hybridized carbons (Fsp3) is 0.143. The van der Waals surface area contributed by atoms with Gasteiger partial charge in [0.2, 0.25) is 0 Å². The van der Waals surface area contributed by atoms with Crippen LogP contribution in [0, 0.1) is 13.8 Å². The molecule has 1 N–H and O–H groups in total.